The highest BCUT2D eigenvalue weighted by Gasteiger charge is 2.38. The molecule has 0 radical (unpaired) electrons. The molecule has 0 unspecified atom stereocenters. The van der Waals surface area contributed by atoms with Gasteiger partial charge in [-0.05, 0) is 46.1 Å². The molecule has 1 aromatic rings. The molecule has 0 bridgehead atoms. The van der Waals surface area contributed by atoms with Crippen molar-refractivity contribution in [3.63, 3.8) is 0 Å². The molecule has 0 aliphatic carbocycles. The number of rotatable bonds is 5. The molecule has 0 aromatic heterocycles. The normalized spacial score (nSPS) is 21.3. The zero-order valence-electron chi connectivity index (χ0n) is 16.7. The highest BCUT2D eigenvalue weighted by Crippen LogP contribution is 2.20. The lowest BCUT2D eigenvalue weighted by atomic mass is 10.0. The number of nitrogens with one attached hydrogen (secondary N) is 3. The Kier molecular flexibility index (Phi) is 6.01. The lowest BCUT2D eigenvalue weighted by molar-refractivity contribution is 0.0999. The molecule has 7 nitrogen and oxygen atoms in total. The topological polar surface area (TPSA) is 76.7 Å². The Morgan fingerprint density at radius 1 is 1.07 bits per heavy atom. The van der Waals surface area contributed by atoms with E-state index in [2.05, 4.69) is 40.8 Å². The number of aryl methyl sites for hydroxylation is 1. The Balaban J connectivity index is 1.57. The fourth-order valence-corrected chi connectivity index (χ4v) is 3.88. The molecule has 1 aromatic carbocycles. The van der Waals surface area contributed by atoms with Gasteiger partial charge in [0.05, 0.1) is 0 Å². The first-order valence-electron chi connectivity index (χ1n) is 9.82. The molecule has 2 heterocycles. The van der Waals surface area contributed by atoms with Gasteiger partial charge in [-0.3, -0.25) is 5.32 Å². The van der Waals surface area contributed by atoms with Gasteiger partial charge in [-0.1, -0.05) is 29.8 Å². The van der Waals surface area contributed by atoms with E-state index >= 15 is 0 Å². The van der Waals surface area contributed by atoms with Crippen molar-refractivity contribution in [2.45, 2.75) is 65.0 Å². The van der Waals surface area contributed by atoms with Gasteiger partial charge in [0.25, 0.3) is 0 Å². The van der Waals surface area contributed by atoms with Gasteiger partial charge in [-0.2, -0.15) is 0 Å². The minimum Gasteiger partial charge on any atom is -0.304 e. The standard InChI is InChI=1S/C20H31N5O2/c1-13(2)24-10-8-17(9-11-24)25-19(26)22-18(23-20(25)27)21-15(4)16-7-5-6-14(3)12-16/h5-7,12-13,15,17-18,21H,8-11H2,1-4H3,(H,22,26)(H,23,27)/t15-/m0/s1. The summed E-state index contributed by atoms with van der Waals surface area (Å²) in [5.74, 6) is 0. The van der Waals surface area contributed by atoms with Crippen molar-refractivity contribution in [1.82, 2.24) is 25.8 Å². The van der Waals surface area contributed by atoms with Crippen LogP contribution >= 0.6 is 0 Å². The maximum Gasteiger partial charge on any atom is 0.328 e. The second kappa shape index (κ2) is 8.27. The number of nitrogens with zero attached hydrogens (tertiary/aromatic N) is 2. The van der Waals surface area contributed by atoms with Crippen LogP contribution < -0.4 is 16.0 Å². The molecule has 1 atom stereocenters. The van der Waals surface area contributed by atoms with Gasteiger partial charge in [0, 0.05) is 31.2 Å². The molecule has 27 heavy (non-hydrogen) atoms. The molecule has 2 fully saturated rings. The predicted octanol–water partition coefficient (Wildman–Crippen LogP) is 2.54. The van der Waals surface area contributed by atoms with Gasteiger partial charge in [-0.25, -0.2) is 14.5 Å². The average molecular weight is 374 g/mol. The van der Waals surface area contributed by atoms with E-state index in [-0.39, 0.29) is 24.1 Å². The molecule has 4 amide bonds. The van der Waals surface area contributed by atoms with Crippen LogP contribution in [0.25, 0.3) is 0 Å². The molecule has 7 heteroatoms. The Morgan fingerprint density at radius 2 is 1.70 bits per heavy atom. The van der Waals surface area contributed by atoms with E-state index in [1.165, 1.54) is 10.5 Å². The van der Waals surface area contributed by atoms with Crippen molar-refractivity contribution in [2.24, 2.45) is 0 Å². The molecular formula is C20H31N5O2. The Labute approximate surface area is 161 Å². The third-order valence-electron chi connectivity index (χ3n) is 5.53. The monoisotopic (exact) mass is 373 g/mol. The van der Waals surface area contributed by atoms with E-state index in [4.69, 9.17) is 0 Å². The van der Waals surface area contributed by atoms with Gasteiger partial charge in [0.2, 0.25) is 0 Å². The quantitative estimate of drug-likeness (QED) is 0.741. The van der Waals surface area contributed by atoms with Gasteiger partial charge < -0.3 is 15.5 Å². The number of hydrogen-bond donors (Lipinski definition) is 3. The van der Waals surface area contributed by atoms with Crippen molar-refractivity contribution in [2.75, 3.05) is 13.1 Å². The minimum absolute atomic E-state index is 0.00340. The van der Waals surface area contributed by atoms with E-state index in [0.717, 1.165) is 31.5 Å². The first-order chi connectivity index (χ1) is 12.8. The van der Waals surface area contributed by atoms with Crippen LogP contribution in [0.3, 0.4) is 0 Å². The highest BCUT2D eigenvalue weighted by molar-refractivity contribution is 5.96. The van der Waals surface area contributed by atoms with Crippen LogP contribution in [0, 0.1) is 6.92 Å². The van der Waals surface area contributed by atoms with E-state index in [9.17, 15) is 9.59 Å². The van der Waals surface area contributed by atoms with Crippen LogP contribution in [0.1, 0.15) is 50.8 Å². The number of carbonyl (C=O) groups is 2. The second-order valence-electron chi connectivity index (χ2n) is 7.87. The molecule has 2 saturated heterocycles. The van der Waals surface area contributed by atoms with Crippen LogP contribution in [0.4, 0.5) is 9.59 Å². The molecule has 148 valence electrons. The number of benzene rings is 1. The Hall–Kier alpha value is -2.12. The Morgan fingerprint density at radius 3 is 2.26 bits per heavy atom. The molecule has 0 saturated carbocycles. The van der Waals surface area contributed by atoms with Gasteiger partial charge in [-0.15, -0.1) is 0 Å². The maximum atomic E-state index is 12.6. The Bertz CT molecular complexity index is 667. The van der Waals surface area contributed by atoms with Crippen molar-refractivity contribution in [3.05, 3.63) is 35.4 Å². The summed E-state index contributed by atoms with van der Waals surface area (Å²) >= 11 is 0. The van der Waals surface area contributed by atoms with Crippen molar-refractivity contribution >= 4 is 12.1 Å². The maximum absolute atomic E-state index is 12.6. The van der Waals surface area contributed by atoms with Crippen LogP contribution in [0.5, 0.6) is 0 Å². The van der Waals surface area contributed by atoms with E-state index in [1.807, 2.05) is 32.0 Å². The third-order valence-corrected chi connectivity index (χ3v) is 5.53. The van der Waals surface area contributed by atoms with Gasteiger partial charge >= 0.3 is 12.1 Å². The lowest BCUT2D eigenvalue weighted by Gasteiger charge is -2.42. The van der Waals surface area contributed by atoms with Crippen molar-refractivity contribution in [1.29, 1.82) is 0 Å². The molecule has 2 aliphatic rings. The predicted molar refractivity (Wildman–Crippen MR) is 105 cm³/mol. The summed E-state index contributed by atoms with van der Waals surface area (Å²) in [5.41, 5.74) is 2.29. The van der Waals surface area contributed by atoms with E-state index < -0.39 is 6.29 Å². The summed E-state index contributed by atoms with van der Waals surface area (Å²) in [4.78, 5) is 28.9. The fourth-order valence-electron chi connectivity index (χ4n) is 3.88. The smallest absolute Gasteiger partial charge is 0.304 e. The molecular weight excluding hydrogens is 342 g/mol. The molecule has 3 rings (SSSR count). The van der Waals surface area contributed by atoms with Crippen LogP contribution in [-0.2, 0) is 0 Å². The van der Waals surface area contributed by atoms with Crippen LogP contribution in [0.2, 0.25) is 0 Å². The molecule has 0 spiro atoms. The number of likely N-dealkylation sites (tertiary alicyclic amines) is 1. The fraction of sp³-hybridized carbons (Fsp3) is 0.600. The van der Waals surface area contributed by atoms with Crippen molar-refractivity contribution in [3.8, 4) is 0 Å². The zero-order chi connectivity index (χ0) is 19.6. The van der Waals surface area contributed by atoms with Gasteiger partial charge in [0.15, 0.2) is 6.29 Å². The third kappa shape index (κ3) is 4.59. The first kappa shape index (κ1) is 19.6. The average Bonchev–Trinajstić information content (AvgIpc) is 2.61. The molecule has 2 aliphatic heterocycles. The number of amides is 4. The van der Waals surface area contributed by atoms with Gasteiger partial charge in [0.1, 0.15) is 0 Å². The summed E-state index contributed by atoms with van der Waals surface area (Å²) < 4.78 is 0. The van der Waals surface area contributed by atoms with Crippen LogP contribution in [0.15, 0.2) is 24.3 Å². The van der Waals surface area contributed by atoms with Crippen LogP contribution in [-0.4, -0.2) is 53.3 Å². The second-order valence-corrected chi connectivity index (χ2v) is 7.87. The number of carbonyl (C=O) groups excluding carboxylic acids is 2. The SMILES string of the molecule is Cc1cccc([C@H](C)NC2NC(=O)N(C3CCN(C(C)C)CC3)C(=O)N2)c1. The summed E-state index contributed by atoms with van der Waals surface area (Å²) in [5, 5.41) is 9.02. The first-order valence-corrected chi connectivity index (χ1v) is 9.82. The number of urea groups is 2. The summed E-state index contributed by atoms with van der Waals surface area (Å²) in [7, 11) is 0. The number of hydrogen-bond acceptors (Lipinski definition) is 4. The molecule has 3 N–H and O–H groups in total. The van der Waals surface area contributed by atoms with Crippen molar-refractivity contribution < 1.29 is 9.59 Å². The summed E-state index contributed by atoms with van der Waals surface area (Å²) in [6, 6.07) is 7.98. The van der Waals surface area contributed by atoms with E-state index in [1.54, 1.807) is 0 Å². The van der Waals surface area contributed by atoms with E-state index in [0.29, 0.717) is 6.04 Å². The number of piperidine rings is 1. The zero-order valence-corrected chi connectivity index (χ0v) is 16.7. The largest absolute Gasteiger partial charge is 0.328 e. The number of imide groups is 1. The minimum atomic E-state index is -0.576. The highest BCUT2D eigenvalue weighted by atomic mass is 16.2. The summed E-state index contributed by atoms with van der Waals surface area (Å²) in [6.45, 7) is 10.2. The summed E-state index contributed by atoms with van der Waals surface area (Å²) in [6.07, 6.45) is 1.06. The lowest BCUT2D eigenvalue weighted by Crippen LogP contribution is -2.70.